The van der Waals surface area contributed by atoms with Crippen molar-refractivity contribution in [2.75, 3.05) is 0 Å². The van der Waals surface area contributed by atoms with Crippen molar-refractivity contribution in [2.45, 2.75) is 13.3 Å². The summed E-state index contributed by atoms with van der Waals surface area (Å²) >= 11 is 13.6. The fraction of sp³-hybridized carbons (Fsp3) is 0.167. The molecule has 0 aliphatic carbocycles. The molecule has 5 heteroatoms. The molecule has 0 saturated carbocycles. The van der Waals surface area contributed by atoms with Crippen LogP contribution in [0.2, 0.25) is 10.0 Å². The van der Waals surface area contributed by atoms with Gasteiger partial charge in [0, 0.05) is 28.8 Å². The van der Waals surface area contributed by atoms with Crippen LogP contribution in [0.25, 0.3) is 0 Å². The van der Waals surface area contributed by atoms with Crippen LogP contribution in [0.4, 0.5) is 0 Å². The summed E-state index contributed by atoms with van der Waals surface area (Å²) in [5.41, 5.74) is 1.34. The van der Waals surface area contributed by atoms with E-state index in [9.17, 15) is 4.79 Å². The van der Waals surface area contributed by atoms with Gasteiger partial charge in [-0.05, 0) is 17.7 Å². The summed E-state index contributed by atoms with van der Waals surface area (Å²) in [6, 6.07) is 5.39. The van der Waals surface area contributed by atoms with E-state index in [-0.39, 0.29) is 5.78 Å². The van der Waals surface area contributed by atoms with E-state index in [1.54, 1.807) is 23.6 Å². The van der Waals surface area contributed by atoms with Crippen LogP contribution in [0.1, 0.15) is 28.0 Å². The molecule has 2 aromatic rings. The highest BCUT2D eigenvalue weighted by atomic mass is 35.5. The maximum Gasteiger partial charge on any atom is 0.178 e. The van der Waals surface area contributed by atoms with Gasteiger partial charge in [-0.1, -0.05) is 29.3 Å². The number of ketones is 1. The lowest BCUT2D eigenvalue weighted by Gasteiger charge is -2.03. The van der Waals surface area contributed by atoms with Crippen LogP contribution in [0, 0.1) is 0 Å². The van der Waals surface area contributed by atoms with E-state index in [0.717, 1.165) is 10.6 Å². The molecule has 0 unspecified atom stereocenters. The van der Waals surface area contributed by atoms with E-state index in [0.29, 0.717) is 22.2 Å². The summed E-state index contributed by atoms with van der Waals surface area (Å²) in [6.07, 6.45) is 0.552. The number of benzene rings is 1. The molecule has 88 valence electrons. The lowest BCUT2D eigenvalue weighted by atomic mass is 10.1. The van der Waals surface area contributed by atoms with Crippen LogP contribution >= 0.6 is 34.5 Å². The van der Waals surface area contributed by atoms with Crippen molar-refractivity contribution in [3.8, 4) is 0 Å². The highest BCUT2D eigenvalue weighted by Gasteiger charge is 2.10. The second kappa shape index (κ2) is 5.17. The number of rotatable bonds is 3. The number of nitrogens with zero attached hydrogens (tertiary/aromatic N) is 1. The highest BCUT2D eigenvalue weighted by Crippen LogP contribution is 2.27. The first-order chi connectivity index (χ1) is 8.08. The molecular formula is C12H9Cl2NOS. The molecule has 0 bridgehead atoms. The van der Waals surface area contributed by atoms with Gasteiger partial charge in [-0.25, -0.2) is 4.98 Å². The van der Waals surface area contributed by atoms with Crippen molar-refractivity contribution in [1.82, 2.24) is 4.98 Å². The number of aromatic nitrogens is 1. The Bertz CT molecular complexity index is 545. The summed E-state index contributed by atoms with van der Waals surface area (Å²) in [5, 5.41) is 3.84. The molecule has 17 heavy (non-hydrogen) atoms. The first-order valence-corrected chi connectivity index (χ1v) is 6.59. The predicted octanol–water partition coefficient (Wildman–Crippen LogP) is 4.24. The van der Waals surface area contributed by atoms with Gasteiger partial charge in [-0.2, -0.15) is 0 Å². The van der Waals surface area contributed by atoms with Crippen molar-refractivity contribution >= 4 is 40.3 Å². The number of carbonyl (C=O) groups excluding carboxylic acids is 1. The Morgan fingerprint density at radius 2 is 2.00 bits per heavy atom. The number of Topliss-reactive ketones (excluding diaryl/α,β-unsaturated/α-hetero) is 1. The first-order valence-electron chi connectivity index (χ1n) is 4.96. The summed E-state index contributed by atoms with van der Waals surface area (Å²) in [6.45, 7) is 1.50. The predicted molar refractivity (Wildman–Crippen MR) is 71.4 cm³/mol. The van der Waals surface area contributed by atoms with Crippen LogP contribution in [0.5, 0.6) is 0 Å². The number of carbonyl (C=O) groups is 1. The lowest BCUT2D eigenvalue weighted by molar-refractivity contribution is 0.101. The average molecular weight is 286 g/mol. The Morgan fingerprint density at radius 1 is 1.35 bits per heavy atom. The Hall–Kier alpha value is -0.900. The van der Waals surface area contributed by atoms with E-state index in [1.165, 1.54) is 18.3 Å². The zero-order valence-electron chi connectivity index (χ0n) is 9.04. The normalized spacial score (nSPS) is 10.5. The van der Waals surface area contributed by atoms with E-state index in [1.807, 2.05) is 0 Å². The molecular weight excluding hydrogens is 277 g/mol. The molecule has 0 atom stereocenters. The van der Waals surface area contributed by atoms with Gasteiger partial charge in [0.2, 0.25) is 0 Å². The third-order valence-electron chi connectivity index (χ3n) is 2.30. The molecule has 2 nitrogen and oxygen atoms in total. The van der Waals surface area contributed by atoms with Crippen LogP contribution in [-0.4, -0.2) is 10.8 Å². The summed E-state index contributed by atoms with van der Waals surface area (Å²) in [5.74, 6) is -0.0299. The van der Waals surface area contributed by atoms with Gasteiger partial charge in [0.15, 0.2) is 5.78 Å². The fourth-order valence-corrected chi connectivity index (χ4v) is 2.78. The molecule has 1 heterocycles. The number of hydrogen-bond donors (Lipinski definition) is 0. The van der Waals surface area contributed by atoms with E-state index in [2.05, 4.69) is 4.98 Å². The van der Waals surface area contributed by atoms with Crippen LogP contribution in [-0.2, 0) is 6.42 Å². The van der Waals surface area contributed by atoms with Crippen molar-refractivity contribution in [1.29, 1.82) is 0 Å². The van der Waals surface area contributed by atoms with Crippen LogP contribution in [0.15, 0.2) is 23.6 Å². The zero-order valence-corrected chi connectivity index (χ0v) is 11.4. The second-order valence-electron chi connectivity index (χ2n) is 3.56. The monoisotopic (exact) mass is 285 g/mol. The van der Waals surface area contributed by atoms with Gasteiger partial charge in [0.1, 0.15) is 5.69 Å². The minimum atomic E-state index is -0.0299. The van der Waals surface area contributed by atoms with Crippen molar-refractivity contribution < 1.29 is 4.79 Å². The number of hydrogen-bond acceptors (Lipinski definition) is 3. The molecule has 1 aromatic heterocycles. The largest absolute Gasteiger partial charge is 0.293 e. The molecule has 0 saturated heterocycles. The van der Waals surface area contributed by atoms with E-state index >= 15 is 0 Å². The second-order valence-corrected chi connectivity index (χ2v) is 5.32. The van der Waals surface area contributed by atoms with Crippen LogP contribution < -0.4 is 0 Å². The first kappa shape index (κ1) is 12.6. The fourth-order valence-electron chi connectivity index (χ4n) is 1.41. The SMILES string of the molecule is CC(=O)c1csc(Cc2c(Cl)cccc2Cl)n1. The van der Waals surface area contributed by atoms with Gasteiger partial charge in [0.25, 0.3) is 0 Å². The van der Waals surface area contributed by atoms with E-state index < -0.39 is 0 Å². The summed E-state index contributed by atoms with van der Waals surface area (Å²) in [7, 11) is 0. The molecule has 0 radical (unpaired) electrons. The Labute approximate surface area is 113 Å². The Balaban J connectivity index is 2.28. The van der Waals surface area contributed by atoms with Gasteiger partial charge >= 0.3 is 0 Å². The number of halogens is 2. The topological polar surface area (TPSA) is 30.0 Å². The quantitative estimate of drug-likeness (QED) is 0.790. The van der Waals surface area contributed by atoms with Gasteiger partial charge in [0.05, 0.1) is 5.01 Å². The third-order valence-corrected chi connectivity index (χ3v) is 3.86. The van der Waals surface area contributed by atoms with Crippen molar-refractivity contribution in [2.24, 2.45) is 0 Å². The van der Waals surface area contributed by atoms with Gasteiger partial charge in [-0.15, -0.1) is 11.3 Å². The number of thiazole rings is 1. The molecule has 1 aromatic carbocycles. The molecule has 0 fully saturated rings. The van der Waals surface area contributed by atoms with Gasteiger partial charge in [-0.3, -0.25) is 4.79 Å². The maximum atomic E-state index is 11.1. The summed E-state index contributed by atoms with van der Waals surface area (Å²) in [4.78, 5) is 15.4. The molecule has 0 spiro atoms. The standard InChI is InChI=1S/C12H9Cl2NOS/c1-7(16)11-6-17-12(15-11)5-8-9(13)3-2-4-10(8)14/h2-4,6H,5H2,1H3. The molecule has 0 N–H and O–H groups in total. The van der Waals surface area contributed by atoms with Crippen molar-refractivity contribution in [3.05, 3.63) is 49.9 Å². The van der Waals surface area contributed by atoms with Crippen molar-refractivity contribution in [3.63, 3.8) is 0 Å². The molecule has 2 rings (SSSR count). The Kier molecular flexibility index (Phi) is 3.82. The van der Waals surface area contributed by atoms with Crippen LogP contribution in [0.3, 0.4) is 0 Å². The van der Waals surface area contributed by atoms with Gasteiger partial charge < -0.3 is 0 Å². The lowest BCUT2D eigenvalue weighted by Crippen LogP contribution is -1.94. The minimum absolute atomic E-state index is 0.0299. The third kappa shape index (κ3) is 2.86. The molecule has 0 aliphatic heterocycles. The highest BCUT2D eigenvalue weighted by molar-refractivity contribution is 7.09. The Morgan fingerprint density at radius 3 is 2.53 bits per heavy atom. The zero-order chi connectivity index (χ0) is 12.4. The average Bonchev–Trinajstić information content (AvgIpc) is 2.72. The molecule has 0 amide bonds. The maximum absolute atomic E-state index is 11.1. The van der Waals surface area contributed by atoms with E-state index in [4.69, 9.17) is 23.2 Å². The smallest absolute Gasteiger partial charge is 0.178 e. The minimum Gasteiger partial charge on any atom is -0.293 e. The summed E-state index contributed by atoms with van der Waals surface area (Å²) < 4.78 is 0. The molecule has 0 aliphatic rings.